The van der Waals surface area contributed by atoms with E-state index in [9.17, 15) is 13.2 Å². The van der Waals surface area contributed by atoms with Gasteiger partial charge in [0.05, 0.1) is 11.1 Å². The van der Waals surface area contributed by atoms with Crippen molar-refractivity contribution in [3.05, 3.63) is 83.4 Å². The van der Waals surface area contributed by atoms with Gasteiger partial charge in [0.1, 0.15) is 5.82 Å². The zero-order valence-electron chi connectivity index (χ0n) is 18.6. The van der Waals surface area contributed by atoms with Gasteiger partial charge >= 0.3 is 6.18 Å². The molecule has 0 amide bonds. The average Bonchev–Trinajstić information content (AvgIpc) is 3.01. The maximum absolute atomic E-state index is 12.9. The van der Waals surface area contributed by atoms with E-state index in [-0.39, 0.29) is 0 Å². The molecule has 3 heterocycles. The highest BCUT2D eigenvalue weighted by molar-refractivity contribution is 5.96. The fourth-order valence-electron chi connectivity index (χ4n) is 4.09. The smallest absolute Gasteiger partial charge is 0.370 e. The summed E-state index contributed by atoms with van der Waals surface area (Å²) in [5.41, 5.74) is 4.05. The Morgan fingerprint density at radius 3 is 2.91 bits per heavy atom. The van der Waals surface area contributed by atoms with Crippen molar-refractivity contribution in [3.63, 3.8) is 0 Å². The highest BCUT2D eigenvalue weighted by Crippen LogP contribution is 2.31. The molecular formula is C27H28F3N3. The molecule has 0 fully saturated rings. The number of aromatic nitrogens is 1. The van der Waals surface area contributed by atoms with Gasteiger partial charge in [0.25, 0.3) is 0 Å². The Morgan fingerprint density at radius 1 is 1.18 bits per heavy atom. The van der Waals surface area contributed by atoms with E-state index in [4.69, 9.17) is 4.99 Å². The standard InChI is InChI=1S/C27H28F3N3/c1-19(6-2-3-9-24-10-4-7-21-8-5-15-31-26(21)33-24)11-12-20-16-22-13-14-23(27(28,29)30)17-25(22)32-18-20/h4,10-14,16-18,31H,1-3,5-9,15H2/b12-11+. The van der Waals surface area contributed by atoms with Crippen molar-refractivity contribution < 1.29 is 13.2 Å². The van der Waals surface area contributed by atoms with E-state index in [0.29, 0.717) is 10.9 Å². The number of alkyl halides is 3. The van der Waals surface area contributed by atoms with Gasteiger partial charge in [0, 0.05) is 23.8 Å². The van der Waals surface area contributed by atoms with Crippen molar-refractivity contribution in [3.8, 4) is 0 Å². The van der Waals surface area contributed by atoms with E-state index in [0.717, 1.165) is 79.9 Å². The van der Waals surface area contributed by atoms with Crippen LogP contribution >= 0.6 is 0 Å². The summed E-state index contributed by atoms with van der Waals surface area (Å²) in [6.07, 6.45) is 12.7. The molecule has 2 aliphatic rings. The molecule has 33 heavy (non-hydrogen) atoms. The molecular weight excluding hydrogens is 423 g/mol. The number of pyridine rings is 1. The number of nitrogens with zero attached hydrogens (tertiary/aromatic N) is 2. The van der Waals surface area contributed by atoms with E-state index in [1.807, 2.05) is 18.2 Å². The van der Waals surface area contributed by atoms with Crippen molar-refractivity contribution in [1.82, 2.24) is 10.3 Å². The van der Waals surface area contributed by atoms with Crippen LogP contribution in [0.3, 0.4) is 0 Å². The maximum Gasteiger partial charge on any atom is 0.416 e. The number of rotatable bonds is 7. The van der Waals surface area contributed by atoms with Crippen molar-refractivity contribution in [2.24, 2.45) is 4.99 Å². The summed E-state index contributed by atoms with van der Waals surface area (Å²) in [6, 6.07) is 5.47. The van der Waals surface area contributed by atoms with Crippen molar-refractivity contribution >= 4 is 22.7 Å². The van der Waals surface area contributed by atoms with E-state index in [1.165, 1.54) is 18.1 Å². The maximum atomic E-state index is 12.9. The summed E-state index contributed by atoms with van der Waals surface area (Å²) < 4.78 is 38.6. The lowest BCUT2D eigenvalue weighted by molar-refractivity contribution is -0.137. The Kier molecular flexibility index (Phi) is 7.11. The van der Waals surface area contributed by atoms with Gasteiger partial charge in [-0.25, -0.2) is 4.99 Å². The molecule has 4 rings (SSSR count). The first kappa shape index (κ1) is 23.0. The first-order valence-corrected chi connectivity index (χ1v) is 11.4. The number of hydrogen-bond acceptors (Lipinski definition) is 3. The molecule has 1 aromatic carbocycles. The van der Waals surface area contributed by atoms with E-state index >= 15 is 0 Å². The average molecular weight is 452 g/mol. The lowest BCUT2D eigenvalue weighted by Crippen LogP contribution is -2.20. The van der Waals surface area contributed by atoms with Crippen LogP contribution in [0.4, 0.5) is 13.2 Å². The topological polar surface area (TPSA) is 37.3 Å². The van der Waals surface area contributed by atoms with E-state index in [1.54, 1.807) is 6.20 Å². The number of nitrogens with one attached hydrogen (secondary N) is 1. The zero-order chi connectivity index (χ0) is 23.3. The third-order valence-electron chi connectivity index (χ3n) is 5.94. The summed E-state index contributed by atoms with van der Waals surface area (Å²) in [6.45, 7) is 5.13. The van der Waals surface area contributed by atoms with Gasteiger partial charge in [0.2, 0.25) is 0 Å². The van der Waals surface area contributed by atoms with Crippen LogP contribution in [-0.2, 0) is 6.18 Å². The predicted octanol–water partition coefficient (Wildman–Crippen LogP) is 7.38. The number of halogens is 3. The van der Waals surface area contributed by atoms with Crippen molar-refractivity contribution in [2.75, 3.05) is 6.54 Å². The largest absolute Gasteiger partial charge is 0.416 e. The molecule has 0 aliphatic carbocycles. The molecule has 2 aliphatic heterocycles. The Balaban J connectivity index is 1.27. The lowest BCUT2D eigenvalue weighted by atomic mass is 10.0. The van der Waals surface area contributed by atoms with E-state index in [2.05, 4.69) is 29.0 Å². The number of aliphatic imine (C=N–C) groups is 1. The minimum atomic E-state index is -4.36. The predicted molar refractivity (Wildman–Crippen MR) is 129 cm³/mol. The number of benzene rings is 1. The molecule has 6 heteroatoms. The van der Waals surface area contributed by atoms with Crippen molar-refractivity contribution in [2.45, 2.75) is 51.1 Å². The monoisotopic (exact) mass is 451 g/mol. The highest BCUT2D eigenvalue weighted by Gasteiger charge is 2.30. The third kappa shape index (κ3) is 6.21. The molecule has 0 bridgehead atoms. The Bertz CT molecular complexity index is 1150. The quantitative estimate of drug-likeness (QED) is 0.352. The third-order valence-corrected chi connectivity index (χ3v) is 5.94. The van der Waals surface area contributed by atoms with Gasteiger partial charge in [-0.2, -0.15) is 13.2 Å². The molecule has 0 atom stereocenters. The normalized spacial score (nSPS) is 16.5. The van der Waals surface area contributed by atoms with E-state index < -0.39 is 11.7 Å². The Morgan fingerprint density at radius 2 is 2.06 bits per heavy atom. The van der Waals surface area contributed by atoms with Crippen molar-refractivity contribution in [1.29, 1.82) is 0 Å². The number of fused-ring (bicyclic) bond motifs is 1. The summed E-state index contributed by atoms with van der Waals surface area (Å²) in [7, 11) is 0. The Hall–Kier alpha value is -3.15. The SMILES string of the molecule is C=C(/C=C/c1cnc2cc(C(F)(F)F)ccc2c1)CCCCC1=NC2=C(CC=C1)CCCN2. The first-order valence-electron chi connectivity index (χ1n) is 11.4. The van der Waals surface area contributed by atoms with Crippen LogP contribution in [0.2, 0.25) is 0 Å². The Labute approximate surface area is 192 Å². The first-order chi connectivity index (χ1) is 15.9. The molecule has 2 aromatic rings. The fraction of sp³-hybridized carbons (Fsp3) is 0.333. The molecule has 0 saturated heterocycles. The summed E-state index contributed by atoms with van der Waals surface area (Å²) in [5, 5.41) is 4.11. The molecule has 1 N–H and O–H groups in total. The van der Waals surface area contributed by atoms with Gasteiger partial charge in [-0.3, -0.25) is 4.98 Å². The summed E-state index contributed by atoms with van der Waals surface area (Å²) >= 11 is 0. The highest BCUT2D eigenvalue weighted by atomic mass is 19.4. The van der Waals surface area contributed by atoms with Crippen LogP contribution in [0.15, 0.2) is 77.2 Å². The molecule has 0 radical (unpaired) electrons. The fourth-order valence-corrected chi connectivity index (χ4v) is 4.09. The number of hydrogen-bond donors (Lipinski definition) is 1. The lowest BCUT2D eigenvalue weighted by Gasteiger charge is -2.17. The summed E-state index contributed by atoms with van der Waals surface area (Å²) in [4.78, 5) is 9.01. The van der Waals surface area contributed by atoms with Gasteiger partial charge < -0.3 is 5.32 Å². The van der Waals surface area contributed by atoms with Crippen LogP contribution in [0, 0.1) is 0 Å². The van der Waals surface area contributed by atoms with Crippen LogP contribution in [0.1, 0.15) is 56.1 Å². The van der Waals surface area contributed by atoms with Crippen LogP contribution in [0.25, 0.3) is 17.0 Å². The second kappa shape index (κ2) is 10.2. The zero-order valence-corrected chi connectivity index (χ0v) is 18.6. The van der Waals surface area contributed by atoms with Gasteiger partial charge in [-0.05, 0) is 80.4 Å². The van der Waals surface area contributed by atoms with Gasteiger partial charge in [-0.15, -0.1) is 0 Å². The van der Waals surface area contributed by atoms with Gasteiger partial charge in [-0.1, -0.05) is 36.4 Å². The second-order valence-corrected chi connectivity index (χ2v) is 8.56. The number of unbranched alkanes of at least 4 members (excludes halogenated alkanes) is 1. The molecule has 0 spiro atoms. The number of allylic oxidation sites excluding steroid dienone is 5. The minimum absolute atomic E-state index is 0.336. The van der Waals surface area contributed by atoms with Gasteiger partial charge in [0.15, 0.2) is 0 Å². The summed E-state index contributed by atoms with van der Waals surface area (Å²) in [5.74, 6) is 1.08. The van der Waals surface area contributed by atoms with Crippen LogP contribution < -0.4 is 5.32 Å². The van der Waals surface area contributed by atoms with Crippen LogP contribution in [-0.4, -0.2) is 17.2 Å². The molecule has 0 unspecified atom stereocenters. The second-order valence-electron chi connectivity index (χ2n) is 8.56. The molecule has 172 valence electrons. The molecule has 1 aromatic heterocycles. The van der Waals surface area contributed by atoms with Crippen LogP contribution in [0.5, 0.6) is 0 Å². The minimum Gasteiger partial charge on any atom is -0.370 e. The molecule has 0 saturated carbocycles. The molecule has 3 nitrogen and oxygen atoms in total.